The lowest BCUT2D eigenvalue weighted by molar-refractivity contribution is 0.00419. The van der Waals surface area contributed by atoms with E-state index in [9.17, 15) is 10.2 Å². The highest BCUT2D eigenvalue weighted by Gasteiger charge is 2.38. The molecular weight excluding hydrogens is 312 g/mol. The van der Waals surface area contributed by atoms with E-state index < -0.39 is 5.60 Å². The van der Waals surface area contributed by atoms with Gasteiger partial charge in [0.1, 0.15) is 11.5 Å². The number of phenolic OH excluding ortho intramolecular Hbond substituents is 1. The number of hydrogen-bond donors (Lipinski definition) is 2. The average Bonchev–Trinajstić information content (AvgIpc) is 2.53. The van der Waals surface area contributed by atoms with Crippen LogP contribution >= 0.6 is 0 Å². The highest BCUT2D eigenvalue weighted by molar-refractivity contribution is 5.52. The Kier molecular flexibility index (Phi) is 6.56. The van der Waals surface area contributed by atoms with Gasteiger partial charge in [-0.1, -0.05) is 31.4 Å². The molecule has 2 N–H and O–H groups in total. The highest BCUT2D eigenvalue weighted by Crippen LogP contribution is 2.48. The van der Waals surface area contributed by atoms with Crippen LogP contribution in [-0.4, -0.2) is 22.9 Å². The lowest BCUT2D eigenvalue weighted by atomic mass is 9.69. The van der Waals surface area contributed by atoms with Crippen LogP contribution in [0.2, 0.25) is 0 Å². The summed E-state index contributed by atoms with van der Waals surface area (Å²) in [4.78, 5) is 0. The Labute approximate surface area is 152 Å². The first kappa shape index (κ1) is 19.8. The smallest absolute Gasteiger partial charge is 0.126 e. The van der Waals surface area contributed by atoms with Gasteiger partial charge in [-0.05, 0) is 70.1 Å². The zero-order chi connectivity index (χ0) is 18.6. The summed E-state index contributed by atoms with van der Waals surface area (Å²) < 4.78 is 5.65. The van der Waals surface area contributed by atoms with Crippen molar-refractivity contribution in [1.82, 2.24) is 0 Å². The minimum absolute atomic E-state index is 0.0339. The van der Waals surface area contributed by atoms with E-state index >= 15 is 0 Å². The van der Waals surface area contributed by atoms with Crippen molar-refractivity contribution in [2.24, 2.45) is 5.92 Å². The first-order chi connectivity index (χ1) is 11.8. The fraction of sp³-hybridized carbons (Fsp3) is 0.636. The number of ether oxygens (including phenoxy) is 1. The zero-order valence-electron chi connectivity index (χ0n) is 16.4. The monoisotopic (exact) mass is 346 g/mol. The topological polar surface area (TPSA) is 49.7 Å². The number of allylic oxidation sites excluding steroid dienone is 2. The first-order valence-corrected chi connectivity index (χ1v) is 9.57. The van der Waals surface area contributed by atoms with Gasteiger partial charge in [-0.3, -0.25) is 0 Å². The minimum atomic E-state index is -0.806. The number of methoxy groups -OCH3 is 1. The van der Waals surface area contributed by atoms with Gasteiger partial charge in [-0.25, -0.2) is 0 Å². The molecule has 140 valence electrons. The summed E-state index contributed by atoms with van der Waals surface area (Å²) in [5, 5.41) is 21.5. The summed E-state index contributed by atoms with van der Waals surface area (Å²) in [5.41, 5.74) is 2.42. The number of benzene rings is 1. The van der Waals surface area contributed by atoms with Crippen LogP contribution in [0.3, 0.4) is 0 Å². The molecule has 0 spiro atoms. The SMILES string of the molecule is CCCCCc1cc(O)c([C@@H]2C=C(C)CC[C@@H]2C(C)(C)O)c(OC)c1. The Morgan fingerprint density at radius 1 is 1.24 bits per heavy atom. The van der Waals surface area contributed by atoms with E-state index in [0.717, 1.165) is 42.6 Å². The van der Waals surface area contributed by atoms with Crippen LogP contribution in [0, 0.1) is 5.92 Å². The van der Waals surface area contributed by atoms with E-state index in [-0.39, 0.29) is 17.6 Å². The molecule has 1 aromatic rings. The van der Waals surface area contributed by atoms with Gasteiger partial charge in [0.25, 0.3) is 0 Å². The number of hydrogen-bond acceptors (Lipinski definition) is 3. The molecule has 0 radical (unpaired) electrons. The lowest BCUT2D eigenvalue weighted by Gasteiger charge is -2.38. The summed E-state index contributed by atoms with van der Waals surface area (Å²) in [6, 6.07) is 3.94. The Morgan fingerprint density at radius 2 is 1.96 bits per heavy atom. The third-order valence-electron chi connectivity index (χ3n) is 5.46. The van der Waals surface area contributed by atoms with E-state index in [2.05, 4.69) is 26.0 Å². The molecule has 1 aromatic carbocycles. The molecule has 0 amide bonds. The summed E-state index contributed by atoms with van der Waals surface area (Å²) in [6.45, 7) is 8.04. The van der Waals surface area contributed by atoms with Crippen LogP contribution in [0.4, 0.5) is 0 Å². The van der Waals surface area contributed by atoms with Crippen molar-refractivity contribution in [2.45, 2.75) is 77.7 Å². The third kappa shape index (κ3) is 4.78. The second kappa shape index (κ2) is 8.27. The van der Waals surface area contributed by atoms with Crippen LogP contribution in [-0.2, 0) is 6.42 Å². The maximum Gasteiger partial charge on any atom is 0.126 e. The molecule has 3 heteroatoms. The quantitative estimate of drug-likeness (QED) is 0.517. The van der Waals surface area contributed by atoms with Gasteiger partial charge in [0, 0.05) is 11.5 Å². The molecule has 0 fully saturated rings. The molecular formula is C22H34O3. The Morgan fingerprint density at radius 3 is 2.56 bits per heavy atom. The van der Waals surface area contributed by atoms with Gasteiger partial charge < -0.3 is 14.9 Å². The van der Waals surface area contributed by atoms with E-state index in [1.54, 1.807) is 7.11 Å². The first-order valence-electron chi connectivity index (χ1n) is 9.57. The molecule has 2 rings (SSSR count). The Balaban J connectivity index is 2.43. The fourth-order valence-electron chi connectivity index (χ4n) is 4.04. The molecule has 0 saturated carbocycles. The van der Waals surface area contributed by atoms with Crippen LogP contribution in [0.5, 0.6) is 11.5 Å². The van der Waals surface area contributed by atoms with Crippen molar-refractivity contribution in [3.05, 3.63) is 34.9 Å². The molecule has 0 bridgehead atoms. The predicted molar refractivity (Wildman–Crippen MR) is 103 cm³/mol. The summed E-state index contributed by atoms with van der Waals surface area (Å²) >= 11 is 0. The number of unbranched alkanes of at least 4 members (excludes halogenated alkanes) is 2. The van der Waals surface area contributed by atoms with Crippen LogP contribution in [0.1, 0.15) is 76.8 Å². The predicted octanol–water partition coefficient (Wildman–Crippen LogP) is 5.34. The molecule has 0 saturated heterocycles. The second-order valence-corrected chi connectivity index (χ2v) is 8.03. The maximum absolute atomic E-state index is 10.8. The summed E-state index contributed by atoms with van der Waals surface area (Å²) in [6.07, 6.45) is 8.54. The van der Waals surface area contributed by atoms with Crippen LogP contribution in [0.25, 0.3) is 0 Å². The number of rotatable bonds is 7. The normalized spacial score (nSPS) is 21.1. The number of phenols is 1. The number of aromatic hydroxyl groups is 1. The highest BCUT2D eigenvalue weighted by atomic mass is 16.5. The standard InChI is InChI=1S/C22H34O3/c1-6-7-8-9-16-13-19(23)21(20(14-16)25-5)17-12-15(2)10-11-18(17)22(3,4)24/h12-14,17-18,23-24H,6-11H2,1-5H3/t17-,18+/m1/s1. The zero-order valence-corrected chi connectivity index (χ0v) is 16.4. The van der Waals surface area contributed by atoms with Gasteiger partial charge in [0.05, 0.1) is 12.7 Å². The molecule has 0 heterocycles. The summed E-state index contributed by atoms with van der Waals surface area (Å²) in [7, 11) is 1.66. The molecule has 2 atom stereocenters. The van der Waals surface area contributed by atoms with E-state index in [1.807, 2.05) is 19.9 Å². The Hall–Kier alpha value is -1.48. The second-order valence-electron chi connectivity index (χ2n) is 8.03. The number of aryl methyl sites for hydroxylation is 1. The molecule has 0 unspecified atom stereocenters. The molecule has 1 aliphatic rings. The molecule has 1 aliphatic carbocycles. The van der Waals surface area contributed by atoms with Gasteiger partial charge in [-0.2, -0.15) is 0 Å². The van der Waals surface area contributed by atoms with E-state index in [0.29, 0.717) is 0 Å². The Bertz CT molecular complexity index is 610. The van der Waals surface area contributed by atoms with Crippen molar-refractivity contribution in [1.29, 1.82) is 0 Å². The third-order valence-corrected chi connectivity index (χ3v) is 5.46. The van der Waals surface area contributed by atoms with Crippen LogP contribution in [0.15, 0.2) is 23.8 Å². The van der Waals surface area contributed by atoms with Gasteiger partial charge in [-0.15, -0.1) is 0 Å². The molecule has 25 heavy (non-hydrogen) atoms. The summed E-state index contributed by atoms with van der Waals surface area (Å²) in [5.74, 6) is 1.04. The molecule has 3 nitrogen and oxygen atoms in total. The minimum Gasteiger partial charge on any atom is -0.507 e. The average molecular weight is 347 g/mol. The van der Waals surface area contributed by atoms with Gasteiger partial charge in [0.15, 0.2) is 0 Å². The van der Waals surface area contributed by atoms with Crippen molar-refractivity contribution >= 4 is 0 Å². The van der Waals surface area contributed by atoms with E-state index in [1.165, 1.54) is 18.4 Å². The number of aliphatic hydroxyl groups is 1. The van der Waals surface area contributed by atoms with Crippen molar-refractivity contribution in [3.8, 4) is 11.5 Å². The lowest BCUT2D eigenvalue weighted by Crippen LogP contribution is -2.36. The maximum atomic E-state index is 10.8. The molecule has 0 aromatic heterocycles. The van der Waals surface area contributed by atoms with E-state index in [4.69, 9.17) is 4.74 Å². The van der Waals surface area contributed by atoms with Crippen molar-refractivity contribution in [3.63, 3.8) is 0 Å². The van der Waals surface area contributed by atoms with Crippen LogP contribution < -0.4 is 4.74 Å². The van der Waals surface area contributed by atoms with Crippen molar-refractivity contribution in [2.75, 3.05) is 7.11 Å². The van der Waals surface area contributed by atoms with Crippen molar-refractivity contribution < 1.29 is 14.9 Å². The van der Waals surface area contributed by atoms with Gasteiger partial charge in [0.2, 0.25) is 0 Å². The van der Waals surface area contributed by atoms with Gasteiger partial charge >= 0.3 is 0 Å². The largest absolute Gasteiger partial charge is 0.507 e. The molecule has 0 aliphatic heterocycles. The fourth-order valence-corrected chi connectivity index (χ4v) is 4.04.